The van der Waals surface area contributed by atoms with Crippen LogP contribution in [0.1, 0.15) is 68.2 Å². The lowest BCUT2D eigenvalue weighted by Crippen LogP contribution is -2.53. The van der Waals surface area contributed by atoms with Crippen molar-refractivity contribution in [2.75, 3.05) is 19.6 Å². The number of hydrogen-bond donors (Lipinski definition) is 1. The second kappa shape index (κ2) is 7.33. The quantitative estimate of drug-likeness (QED) is 0.853. The van der Waals surface area contributed by atoms with Crippen LogP contribution in [0.25, 0.3) is 0 Å². The van der Waals surface area contributed by atoms with Crippen LogP contribution in [0.5, 0.6) is 0 Å². The standard InChI is InChI=1S/C19H38N2O/c1-14(2)11-21-12-15(10-18(3,4)5)9-16(13-21)20-17(22)19(6,7)8/h14-16H,9-13H2,1-8H3,(H,20,22). The fourth-order valence-corrected chi connectivity index (χ4v) is 3.49. The molecule has 0 aromatic carbocycles. The van der Waals surface area contributed by atoms with Crippen molar-refractivity contribution in [3.8, 4) is 0 Å². The lowest BCUT2D eigenvalue weighted by Gasteiger charge is -2.41. The molecule has 1 fully saturated rings. The van der Waals surface area contributed by atoms with Gasteiger partial charge in [0.05, 0.1) is 0 Å². The Balaban J connectivity index is 2.72. The summed E-state index contributed by atoms with van der Waals surface area (Å²) in [5.41, 5.74) is 0.0456. The van der Waals surface area contributed by atoms with Gasteiger partial charge in [-0.25, -0.2) is 0 Å². The molecule has 2 unspecified atom stereocenters. The Labute approximate surface area is 138 Å². The van der Waals surface area contributed by atoms with Gasteiger partial charge in [0.15, 0.2) is 0 Å². The minimum absolute atomic E-state index is 0.179. The number of nitrogens with zero attached hydrogens (tertiary/aromatic N) is 1. The van der Waals surface area contributed by atoms with Gasteiger partial charge >= 0.3 is 0 Å². The van der Waals surface area contributed by atoms with Crippen LogP contribution in [0.3, 0.4) is 0 Å². The monoisotopic (exact) mass is 310 g/mol. The predicted octanol–water partition coefficient (Wildman–Crippen LogP) is 3.93. The predicted molar refractivity (Wildman–Crippen MR) is 94.8 cm³/mol. The van der Waals surface area contributed by atoms with E-state index in [1.165, 1.54) is 13.0 Å². The van der Waals surface area contributed by atoms with Gasteiger partial charge in [-0.15, -0.1) is 0 Å². The second-order valence-electron chi connectivity index (χ2n) is 9.90. The summed E-state index contributed by atoms with van der Waals surface area (Å²) >= 11 is 0. The molecule has 2 atom stereocenters. The molecular formula is C19H38N2O. The van der Waals surface area contributed by atoms with Crippen LogP contribution in [0.2, 0.25) is 0 Å². The molecule has 1 heterocycles. The maximum absolute atomic E-state index is 12.3. The molecule has 3 heteroatoms. The SMILES string of the molecule is CC(C)CN1CC(CC(C)(C)C)CC(NC(=O)C(C)(C)C)C1. The third-order valence-electron chi connectivity index (χ3n) is 4.15. The molecule has 1 amide bonds. The van der Waals surface area contributed by atoms with E-state index in [2.05, 4.69) is 44.8 Å². The van der Waals surface area contributed by atoms with Crippen LogP contribution in [0.4, 0.5) is 0 Å². The van der Waals surface area contributed by atoms with E-state index in [-0.39, 0.29) is 11.3 Å². The molecule has 0 aromatic heterocycles. The van der Waals surface area contributed by atoms with E-state index in [0.717, 1.165) is 19.5 Å². The summed E-state index contributed by atoms with van der Waals surface area (Å²) in [6.45, 7) is 20.8. The molecule has 1 N–H and O–H groups in total. The van der Waals surface area contributed by atoms with E-state index in [9.17, 15) is 4.79 Å². The van der Waals surface area contributed by atoms with Crippen molar-refractivity contribution >= 4 is 5.91 Å². The molecule has 3 nitrogen and oxygen atoms in total. The Morgan fingerprint density at radius 3 is 2.18 bits per heavy atom. The van der Waals surface area contributed by atoms with Crippen molar-refractivity contribution in [1.29, 1.82) is 0 Å². The van der Waals surface area contributed by atoms with E-state index in [4.69, 9.17) is 0 Å². The fraction of sp³-hybridized carbons (Fsp3) is 0.947. The van der Waals surface area contributed by atoms with Crippen molar-refractivity contribution in [1.82, 2.24) is 10.2 Å². The first-order chi connectivity index (χ1) is 9.87. The number of amides is 1. The highest BCUT2D eigenvalue weighted by Gasteiger charge is 2.32. The Kier molecular flexibility index (Phi) is 6.49. The van der Waals surface area contributed by atoms with Gasteiger partial charge < -0.3 is 10.2 Å². The van der Waals surface area contributed by atoms with Crippen molar-refractivity contribution in [2.24, 2.45) is 22.7 Å². The van der Waals surface area contributed by atoms with Crippen molar-refractivity contribution in [3.05, 3.63) is 0 Å². The number of nitrogens with one attached hydrogen (secondary N) is 1. The lowest BCUT2D eigenvalue weighted by molar-refractivity contribution is -0.129. The first kappa shape index (κ1) is 19.5. The minimum atomic E-state index is -0.306. The second-order valence-corrected chi connectivity index (χ2v) is 9.90. The smallest absolute Gasteiger partial charge is 0.225 e. The molecule has 1 aliphatic heterocycles. The van der Waals surface area contributed by atoms with Crippen LogP contribution >= 0.6 is 0 Å². The molecule has 0 aromatic rings. The van der Waals surface area contributed by atoms with E-state index >= 15 is 0 Å². The zero-order valence-electron chi connectivity index (χ0n) is 16.1. The van der Waals surface area contributed by atoms with Gasteiger partial charge in [-0.3, -0.25) is 4.79 Å². The van der Waals surface area contributed by atoms with Crippen LogP contribution in [0, 0.1) is 22.7 Å². The van der Waals surface area contributed by atoms with Gasteiger partial charge in [0, 0.05) is 31.1 Å². The molecule has 0 bridgehead atoms. The van der Waals surface area contributed by atoms with Crippen molar-refractivity contribution in [3.63, 3.8) is 0 Å². The largest absolute Gasteiger partial charge is 0.352 e. The molecule has 0 saturated carbocycles. The minimum Gasteiger partial charge on any atom is -0.352 e. The Hall–Kier alpha value is -0.570. The Bertz CT molecular complexity index is 363. The molecule has 0 spiro atoms. The molecule has 1 rings (SSSR count). The summed E-state index contributed by atoms with van der Waals surface area (Å²) in [6.07, 6.45) is 2.34. The average molecular weight is 311 g/mol. The van der Waals surface area contributed by atoms with E-state index in [1.807, 2.05) is 20.8 Å². The molecule has 22 heavy (non-hydrogen) atoms. The number of carbonyl (C=O) groups excluding carboxylic acids is 1. The topological polar surface area (TPSA) is 32.3 Å². The first-order valence-electron chi connectivity index (χ1n) is 8.90. The van der Waals surface area contributed by atoms with Crippen LogP contribution in [-0.4, -0.2) is 36.5 Å². The highest BCUT2D eigenvalue weighted by atomic mass is 16.2. The summed E-state index contributed by atoms with van der Waals surface area (Å²) in [4.78, 5) is 14.9. The molecule has 130 valence electrons. The summed E-state index contributed by atoms with van der Waals surface area (Å²) in [7, 11) is 0. The third-order valence-corrected chi connectivity index (χ3v) is 4.15. The van der Waals surface area contributed by atoms with E-state index in [1.54, 1.807) is 0 Å². The zero-order chi connectivity index (χ0) is 17.1. The third kappa shape index (κ3) is 7.13. The lowest BCUT2D eigenvalue weighted by atomic mass is 9.79. The summed E-state index contributed by atoms with van der Waals surface area (Å²) in [5.74, 6) is 1.53. The highest BCUT2D eigenvalue weighted by molar-refractivity contribution is 5.81. The van der Waals surface area contributed by atoms with Gasteiger partial charge in [0.25, 0.3) is 0 Å². The summed E-state index contributed by atoms with van der Waals surface area (Å²) < 4.78 is 0. The van der Waals surface area contributed by atoms with Gasteiger partial charge in [-0.05, 0) is 30.1 Å². The first-order valence-corrected chi connectivity index (χ1v) is 8.90. The van der Waals surface area contributed by atoms with Crippen molar-refractivity contribution < 1.29 is 4.79 Å². The Morgan fingerprint density at radius 2 is 1.73 bits per heavy atom. The van der Waals surface area contributed by atoms with E-state index in [0.29, 0.717) is 23.3 Å². The molecule has 0 radical (unpaired) electrons. The van der Waals surface area contributed by atoms with Crippen LogP contribution < -0.4 is 5.32 Å². The molecule has 1 aliphatic rings. The highest BCUT2D eigenvalue weighted by Crippen LogP contribution is 2.31. The molecule has 1 saturated heterocycles. The fourth-order valence-electron chi connectivity index (χ4n) is 3.49. The molecule has 0 aliphatic carbocycles. The van der Waals surface area contributed by atoms with Gasteiger partial charge in [0.2, 0.25) is 5.91 Å². The number of piperidine rings is 1. The zero-order valence-corrected chi connectivity index (χ0v) is 16.1. The summed E-state index contributed by atoms with van der Waals surface area (Å²) in [5, 5.41) is 3.30. The average Bonchev–Trinajstić information content (AvgIpc) is 2.23. The van der Waals surface area contributed by atoms with E-state index < -0.39 is 0 Å². The van der Waals surface area contributed by atoms with Gasteiger partial charge in [-0.1, -0.05) is 55.4 Å². The number of hydrogen-bond acceptors (Lipinski definition) is 2. The van der Waals surface area contributed by atoms with Gasteiger partial charge in [-0.2, -0.15) is 0 Å². The van der Waals surface area contributed by atoms with Crippen LogP contribution in [0.15, 0.2) is 0 Å². The van der Waals surface area contributed by atoms with Crippen LogP contribution in [-0.2, 0) is 4.79 Å². The van der Waals surface area contributed by atoms with Crippen molar-refractivity contribution in [2.45, 2.75) is 74.3 Å². The maximum Gasteiger partial charge on any atom is 0.225 e. The number of carbonyl (C=O) groups is 1. The normalized spacial score (nSPS) is 24.6. The maximum atomic E-state index is 12.3. The summed E-state index contributed by atoms with van der Waals surface area (Å²) in [6, 6.07) is 0.298. The number of rotatable bonds is 4. The number of likely N-dealkylation sites (tertiary alicyclic amines) is 1. The van der Waals surface area contributed by atoms with Gasteiger partial charge in [0.1, 0.15) is 0 Å². The Morgan fingerprint density at radius 1 is 1.14 bits per heavy atom. The molecular weight excluding hydrogens is 272 g/mol.